The van der Waals surface area contributed by atoms with Crippen LogP contribution in [0.25, 0.3) is 22.2 Å². The van der Waals surface area contributed by atoms with Gasteiger partial charge in [0.05, 0.1) is 28.8 Å². The number of nitrogens with two attached hydrogens (primary N) is 1. The molecule has 0 spiro atoms. The van der Waals surface area contributed by atoms with Crippen molar-refractivity contribution in [3.8, 4) is 17.0 Å². The van der Waals surface area contributed by atoms with Crippen LogP contribution in [0.5, 0.6) is 5.75 Å². The number of halogens is 6. The zero-order valence-electron chi connectivity index (χ0n) is 24.5. The zero-order chi connectivity index (χ0) is 33.4. The molecule has 2 heterocycles. The van der Waals surface area contributed by atoms with Crippen LogP contribution < -0.4 is 15.8 Å². The van der Waals surface area contributed by atoms with E-state index in [1.165, 1.54) is 18.2 Å². The fourth-order valence-electron chi connectivity index (χ4n) is 5.89. The molecule has 9 nitrogen and oxygen atoms in total. The lowest BCUT2D eigenvalue weighted by Crippen LogP contribution is -2.43. The quantitative estimate of drug-likeness (QED) is 0.139. The van der Waals surface area contributed by atoms with Gasteiger partial charge in [0, 0.05) is 34.3 Å². The topological polar surface area (TPSA) is 132 Å². The number of amides is 2. The average molecular weight is 676 g/mol. The summed E-state index contributed by atoms with van der Waals surface area (Å²) >= 11 is 5.89. The number of alkyl halides is 2. The summed E-state index contributed by atoms with van der Waals surface area (Å²) in [6, 6.07) is 5.29. The fourth-order valence-corrected chi connectivity index (χ4v) is 6.05. The Bertz CT molecular complexity index is 1960. The van der Waals surface area contributed by atoms with Crippen LogP contribution in [-0.2, 0) is 15.8 Å². The highest BCUT2D eigenvalue weighted by atomic mass is 35.5. The van der Waals surface area contributed by atoms with Crippen molar-refractivity contribution < 1.29 is 41.4 Å². The summed E-state index contributed by atoms with van der Waals surface area (Å²) in [6.45, 7) is -3.36. The first-order chi connectivity index (χ1) is 22.3. The number of fused-ring (bicyclic) bond motifs is 1. The number of nitrogens with zero attached hydrogens (tertiary/aromatic N) is 3. The summed E-state index contributed by atoms with van der Waals surface area (Å²) in [4.78, 5) is 30.2. The summed E-state index contributed by atoms with van der Waals surface area (Å²) in [5.41, 5.74) is 1.01. The maximum atomic E-state index is 16.1. The van der Waals surface area contributed by atoms with E-state index in [4.69, 9.17) is 22.1 Å². The van der Waals surface area contributed by atoms with Gasteiger partial charge < -0.3 is 20.9 Å². The molecule has 0 aliphatic heterocycles. The zero-order valence-corrected chi connectivity index (χ0v) is 25.3. The summed E-state index contributed by atoms with van der Waals surface area (Å²) in [5, 5.41) is 18.4. The van der Waals surface area contributed by atoms with Crippen molar-refractivity contribution in [2.24, 2.45) is 11.7 Å². The predicted molar refractivity (Wildman–Crippen MR) is 158 cm³/mol. The Labute approximate surface area is 268 Å². The Hall–Kier alpha value is -4.30. The molecule has 0 bridgehead atoms. The standard InChI is InChI=1S/C32H27ClF5N5O4/c33-20-9-18(21(34)11-22(20)35)27-25(36)19(31(5-6-31)29(39)45)10-24(41-27)32(46,16-1-2-16)13-40-28(44)14-7-15-12-43(30(37)38)42-26(15)23(8-14)47-17-3-4-17/h7-12,16-17,30,46H,1-6,13H2,(H2,39,45)(H,40,44)/t32-/m1/s1. The van der Waals surface area contributed by atoms with E-state index in [9.17, 15) is 27.9 Å². The minimum absolute atomic E-state index is 0.0437. The molecular weight excluding hydrogens is 649 g/mol. The number of carbonyl (C=O) groups excluding carboxylic acids is 2. The van der Waals surface area contributed by atoms with E-state index < -0.39 is 75.6 Å². The third-order valence-corrected chi connectivity index (χ3v) is 9.34. The number of nitrogens with one attached hydrogen (secondary N) is 1. The molecule has 15 heteroatoms. The van der Waals surface area contributed by atoms with Gasteiger partial charge in [0.15, 0.2) is 5.82 Å². The Kier molecular flexibility index (Phi) is 7.43. The molecule has 246 valence electrons. The molecule has 3 aliphatic rings. The molecule has 2 amide bonds. The van der Waals surface area contributed by atoms with Gasteiger partial charge in [-0.1, -0.05) is 11.6 Å². The van der Waals surface area contributed by atoms with E-state index in [0.717, 1.165) is 25.1 Å². The predicted octanol–water partition coefficient (Wildman–Crippen LogP) is 5.65. The minimum atomic E-state index is -2.91. The van der Waals surface area contributed by atoms with Crippen molar-refractivity contribution >= 4 is 34.3 Å². The van der Waals surface area contributed by atoms with E-state index in [-0.39, 0.29) is 52.4 Å². The third-order valence-electron chi connectivity index (χ3n) is 9.05. The summed E-state index contributed by atoms with van der Waals surface area (Å²) in [6.07, 6.45) is 3.90. The van der Waals surface area contributed by atoms with Crippen molar-refractivity contribution in [1.82, 2.24) is 20.1 Å². The van der Waals surface area contributed by atoms with Crippen LogP contribution in [0, 0.1) is 23.4 Å². The first-order valence-electron chi connectivity index (χ1n) is 15.0. The van der Waals surface area contributed by atoms with Crippen molar-refractivity contribution in [3.63, 3.8) is 0 Å². The van der Waals surface area contributed by atoms with Crippen LogP contribution in [0.15, 0.2) is 36.5 Å². The minimum Gasteiger partial charge on any atom is -0.488 e. The van der Waals surface area contributed by atoms with Crippen molar-refractivity contribution in [2.45, 2.75) is 62.2 Å². The third kappa shape index (κ3) is 5.56. The first kappa shape index (κ1) is 31.3. The van der Waals surface area contributed by atoms with Gasteiger partial charge in [-0.15, -0.1) is 0 Å². The second kappa shape index (κ2) is 11.2. The van der Waals surface area contributed by atoms with E-state index in [1.54, 1.807) is 0 Å². The molecule has 2 aromatic carbocycles. The number of carbonyl (C=O) groups is 2. The molecule has 7 rings (SSSR count). The van der Waals surface area contributed by atoms with Crippen LogP contribution in [0.3, 0.4) is 0 Å². The Balaban J connectivity index is 1.27. The number of hydrogen-bond acceptors (Lipinski definition) is 6. The highest BCUT2D eigenvalue weighted by Gasteiger charge is 2.54. The number of pyridine rings is 1. The lowest BCUT2D eigenvalue weighted by Gasteiger charge is -2.30. The smallest absolute Gasteiger partial charge is 0.333 e. The van der Waals surface area contributed by atoms with E-state index in [2.05, 4.69) is 15.4 Å². The SMILES string of the molecule is NC(=O)C1(c2cc([C@@](O)(CNC(=O)c3cc(OC4CC4)c4nn(C(F)F)cc4c3)C3CC3)nc(-c3cc(Cl)c(F)cc3F)c2F)CC1. The van der Waals surface area contributed by atoms with Gasteiger partial charge in [-0.3, -0.25) is 9.59 Å². The van der Waals surface area contributed by atoms with Crippen molar-refractivity contribution in [3.05, 3.63) is 75.8 Å². The number of hydrogen-bond donors (Lipinski definition) is 3. The van der Waals surface area contributed by atoms with Gasteiger partial charge in [0.1, 0.15) is 34.2 Å². The van der Waals surface area contributed by atoms with E-state index >= 15 is 8.78 Å². The molecule has 1 atom stereocenters. The normalized spacial score (nSPS) is 18.3. The van der Waals surface area contributed by atoms with Gasteiger partial charge >= 0.3 is 6.55 Å². The van der Waals surface area contributed by atoms with Gasteiger partial charge in [-0.25, -0.2) is 22.8 Å². The van der Waals surface area contributed by atoms with Crippen LogP contribution in [0.4, 0.5) is 22.0 Å². The molecule has 2 aromatic heterocycles. The van der Waals surface area contributed by atoms with Gasteiger partial charge in [-0.05, 0) is 68.7 Å². The second-order valence-corrected chi connectivity index (χ2v) is 12.8. The van der Waals surface area contributed by atoms with Crippen LogP contribution in [0.2, 0.25) is 5.02 Å². The number of aromatic nitrogens is 3. The number of aliphatic hydroxyl groups is 1. The van der Waals surface area contributed by atoms with Crippen LogP contribution in [0.1, 0.15) is 66.7 Å². The first-order valence-corrected chi connectivity index (χ1v) is 15.3. The Morgan fingerprint density at radius 1 is 1.11 bits per heavy atom. The molecule has 47 heavy (non-hydrogen) atoms. The highest BCUT2D eigenvalue weighted by Crippen LogP contribution is 2.52. The van der Waals surface area contributed by atoms with Gasteiger partial charge in [0.2, 0.25) is 5.91 Å². The lowest BCUT2D eigenvalue weighted by atomic mass is 9.86. The summed E-state index contributed by atoms with van der Waals surface area (Å²) in [7, 11) is 0. The van der Waals surface area contributed by atoms with Crippen molar-refractivity contribution in [1.29, 1.82) is 0 Å². The number of ether oxygens (including phenoxy) is 1. The van der Waals surface area contributed by atoms with Crippen molar-refractivity contribution in [2.75, 3.05) is 6.54 Å². The largest absolute Gasteiger partial charge is 0.488 e. The molecule has 4 N–H and O–H groups in total. The molecule has 0 unspecified atom stereocenters. The van der Waals surface area contributed by atoms with E-state index in [0.29, 0.717) is 23.6 Å². The molecule has 3 fully saturated rings. The molecule has 3 saturated carbocycles. The fraction of sp³-hybridized carbons (Fsp3) is 0.375. The maximum absolute atomic E-state index is 16.1. The Morgan fingerprint density at radius 2 is 1.83 bits per heavy atom. The number of rotatable bonds is 11. The molecule has 0 radical (unpaired) electrons. The van der Waals surface area contributed by atoms with Gasteiger partial charge in [-0.2, -0.15) is 13.9 Å². The second-order valence-electron chi connectivity index (χ2n) is 12.4. The van der Waals surface area contributed by atoms with E-state index in [1.807, 2.05) is 0 Å². The number of benzene rings is 2. The average Bonchev–Trinajstić information content (AvgIpc) is 3.89. The molecule has 4 aromatic rings. The Morgan fingerprint density at radius 3 is 2.45 bits per heavy atom. The molecular formula is C32H27ClF5N5O4. The van der Waals surface area contributed by atoms with Crippen LogP contribution in [-0.4, -0.2) is 44.3 Å². The molecule has 3 aliphatic carbocycles. The summed E-state index contributed by atoms with van der Waals surface area (Å²) in [5.74, 6) is -5.16. The molecule has 0 saturated heterocycles. The number of primary amides is 1. The van der Waals surface area contributed by atoms with Crippen LogP contribution >= 0.6 is 11.6 Å². The maximum Gasteiger partial charge on any atom is 0.333 e. The van der Waals surface area contributed by atoms with Gasteiger partial charge in [0.25, 0.3) is 5.91 Å². The monoisotopic (exact) mass is 675 g/mol. The lowest BCUT2D eigenvalue weighted by molar-refractivity contribution is -0.120. The highest BCUT2D eigenvalue weighted by molar-refractivity contribution is 6.31. The summed E-state index contributed by atoms with van der Waals surface area (Å²) < 4.78 is 78.2.